The summed E-state index contributed by atoms with van der Waals surface area (Å²) in [5.41, 5.74) is 2.05. The zero-order valence-electron chi connectivity index (χ0n) is 14.8. The molecular formula is C19H26N2O4. The highest BCUT2D eigenvalue weighted by Gasteiger charge is 2.50. The molecule has 6 nitrogen and oxygen atoms in total. The lowest BCUT2D eigenvalue weighted by molar-refractivity contribution is -0.204. The summed E-state index contributed by atoms with van der Waals surface area (Å²) < 4.78 is 17.5. The summed E-state index contributed by atoms with van der Waals surface area (Å²) in [7, 11) is 0. The number of carbonyl (C=O) groups excluding carboxylic acids is 1. The molecule has 136 valence electrons. The molecule has 0 unspecified atom stereocenters. The third-order valence-corrected chi connectivity index (χ3v) is 5.41. The lowest BCUT2D eigenvalue weighted by Crippen LogP contribution is -2.68. The number of rotatable bonds is 4. The first-order chi connectivity index (χ1) is 12.1. The number of aryl methyl sites for hydroxylation is 1. The number of aromatic nitrogens is 1. The first-order valence-electron chi connectivity index (χ1n) is 9.16. The van der Waals surface area contributed by atoms with Crippen LogP contribution in [-0.2, 0) is 25.6 Å². The van der Waals surface area contributed by atoms with E-state index in [0.29, 0.717) is 39.5 Å². The second kappa shape index (κ2) is 7.02. The first kappa shape index (κ1) is 16.9. The number of pyridine rings is 1. The van der Waals surface area contributed by atoms with Gasteiger partial charge < -0.3 is 19.1 Å². The third kappa shape index (κ3) is 3.71. The summed E-state index contributed by atoms with van der Waals surface area (Å²) in [5, 5.41) is 0. The van der Waals surface area contributed by atoms with Gasteiger partial charge in [0.15, 0.2) is 0 Å². The smallest absolute Gasteiger partial charge is 0.228 e. The van der Waals surface area contributed by atoms with Crippen LogP contribution in [0.25, 0.3) is 0 Å². The van der Waals surface area contributed by atoms with Crippen molar-refractivity contribution in [1.29, 1.82) is 0 Å². The van der Waals surface area contributed by atoms with E-state index in [9.17, 15) is 4.79 Å². The molecule has 6 heteroatoms. The van der Waals surface area contributed by atoms with E-state index < -0.39 is 0 Å². The van der Waals surface area contributed by atoms with Gasteiger partial charge in [-0.1, -0.05) is 6.07 Å². The summed E-state index contributed by atoms with van der Waals surface area (Å²) in [5.74, 6) is 0.266. The van der Waals surface area contributed by atoms with Crippen LogP contribution in [0.4, 0.5) is 0 Å². The highest BCUT2D eigenvalue weighted by atomic mass is 16.5. The van der Waals surface area contributed by atoms with Gasteiger partial charge in [-0.3, -0.25) is 9.78 Å². The molecule has 3 aliphatic rings. The van der Waals surface area contributed by atoms with Crippen molar-refractivity contribution in [2.24, 2.45) is 5.92 Å². The van der Waals surface area contributed by atoms with Crippen molar-refractivity contribution in [3.8, 4) is 0 Å². The molecule has 1 spiro atoms. The maximum absolute atomic E-state index is 12.4. The molecule has 0 radical (unpaired) electrons. The molecule has 0 bridgehead atoms. The highest BCUT2D eigenvalue weighted by molar-refractivity contribution is 5.80. The van der Waals surface area contributed by atoms with Gasteiger partial charge in [-0.2, -0.15) is 0 Å². The van der Waals surface area contributed by atoms with E-state index in [1.807, 2.05) is 24.2 Å². The second-order valence-electron chi connectivity index (χ2n) is 7.58. The van der Waals surface area contributed by atoms with Crippen LogP contribution >= 0.6 is 0 Å². The quantitative estimate of drug-likeness (QED) is 0.830. The number of nitrogens with zero attached hydrogens (tertiary/aromatic N) is 2. The molecule has 3 aliphatic heterocycles. The van der Waals surface area contributed by atoms with Crippen LogP contribution in [0.15, 0.2) is 18.5 Å². The van der Waals surface area contributed by atoms with Gasteiger partial charge in [0.1, 0.15) is 5.60 Å². The maximum atomic E-state index is 12.4. The molecule has 4 rings (SSSR count). The molecule has 3 saturated heterocycles. The Hall–Kier alpha value is -1.50. The predicted octanol–water partition coefficient (Wildman–Crippen LogP) is 1.70. The summed E-state index contributed by atoms with van der Waals surface area (Å²) >= 11 is 0. The Morgan fingerprint density at radius 3 is 3.00 bits per heavy atom. The SMILES string of the molecule is Cc1cncc(CO[C@H]2CCOC3(C2)CN(C(=O)[C@H]2CCOC2)C3)c1. The summed E-state index contributed by atoms with van der Waals surface area (Å²) in [6.07, 6.45) is 6.50. The molecule has 4 heterocycles. The van der Waals surface area contributed by atoms with Crippen molar-refractivity contribution >= 4 is 5.91 Å². The number of ether oxygens (including phenoxy) is 3. The largest absolute Gasteiger partial charge is 0.381 e. The Labute approximate surface area is 148 Å². The molecule has 0 saturated carbocycles. The van der Waals surface area contributed by atoms with E-state index in [2.05, 4.69) is 11.1 Å². The monoisotopic (exact) mass is 346 g/mol. The minimum Gasteiger partial charge on any atom is -0.381 e. The van der Waals surface area contributed by atoms with Crippen molar-refractivity contribution in [3.63, 3.8) is 0 Å². The fourth-order valence-corrected chi connectivity index (χ4v) is 4.05. The summed E-state index contributed by atoms with van der Waals surface area (Å²) in [4.78, 5) is 18.6. The zero-order chi connectivity index (χ0) is 17.3. The molecular weight excluding hydrogens is 320 g/mol. The van der Waals surface area contributed by atoms with Crippen LogP contribution in [0.3, 0.4) is 0 Å². The second-order valence-corrected chi connectivity index (χ2v) is 7.58. The number of hydrogen-bond donors (Lipinski definition) is 0. The Balaban J connectivity index is 1.28. The average Bonchev–Trinajstić information content (AvgIpc) is 3.12. The molecule has 1 amide bonds. The molecule has 0 aliphatic carbocycles. The van der Waals surface area contributed by atoms with Crippen molar-refractivity contribution in [3.05, 3.63) is 29.6 Å². The van der Waals surface area contributed by atoms with Gasteiger partial charge in [0, 0.05) is 32.0 Å². The molecule has 1 aromatic heterocycles. The number of amides is 1. The summed E-state index contributed by atoms with van der Waals surface area (Å²) in [6, 6.07) is 2.11. The van der Waals surface area contributed by atoms with E-state index in [1.165, 1.54) is 0 Å². The van der Waals surface area contributed by atoms with E-state index in [0.717, 1.165) is 30.4 Å². The molecule has 1 aromatic rings. The minimum absolute atomic E-state index is 0.0433. The van der Waals surface area contributed by atoms with Gasteiger partial charge in [-0.05, 0) is 30.9 Å². The lowest BCUT2D eigenvalue weighted by Gasteiger charge is -2.53. The fraction of sp³-hybridized carbons (Fsp3) is 0.684. The number of hydrogen-bond acceptors (Lipinski definition) is 5. The van der Waals surface area contributed by atoms with Crippen LogP contribution in [-0.4, -0.2) is 60.4 Å². The van der Waals surface area contributed by atoms with Crippen molar-refractivity contribution < 1.29 is 19.0 Å². The fourth-order valence-electron chi connectivity index (χ4n) is 4.05. The Kier molecular flexibility index (Phi) is 4.75. The van der Waals surface area contributed by atoms with Gasteiger partial charge in [-0.15, -0.1) is 0 Å². The predicted molar refractivity (Wildman–Crippen MR) is 91.0 cm³/mol. The highest BCUT2D eigenvalue weighted by Crippen LogP contribution is 2.36. The molecule has 25 heavy (non-hydrogen) atoms. The van der Waals surface area contributed by atoms with Gasteiger partial charge in [0.25, 0.3) is 0 Å². The number of carbonyl (C=O) groups is 1. The van der Waals surface area contributed by atoms with Gasteiger partial charge in [0.2, 0.25) is 5.91 Å². The molecule has 0 aromatic carbocycles. The molecule has 2 atom stereocenters. The normalized spacial score (nSPS) is 28.1. The van der Waals surface area contributed by atoms with Crippen LogP contribution in [0.1, 0.15) is 30.4 Å². The van der Waals surface area contributed by atoms with Crippen LogP contribution in [0.2, 0.25) is 0 Å². The van der Waals surface area contributed by atoms with Crippen LogP contribution in [0.5, 0.6) is 0 Å². The zero-order valence-corrected chi connectivity index (χ0v) is 14.8. The molecule has 3 fully saturated rings. The van der Waals surface area contributed by atoms with E-state index in [-0.39, 0.29) is 23.5 Å². The third-order valence-electron chi connectivity index (χ3n) is 5.41. The Bertz CT molecular complexity index is 624. The average molecular weight is 346 g/mol. The molecule has 0 N–H and O–H groups in total. The van der Waals surface area contributed by atoms with Crippen molar-refractivity contribution in [1.82, 2.24) is 9.88 Å². The van der Waals surface area contributed by atoms with Crippen LogP contribution in [0, 0.1) is 12.8 Å². The topological polar surface area (TPSA) is 60.9 Å². The Morgan fingerprint density at radius 2 is 2.24 bits per heavy atom. The van der Waals surface area contributed by atoms with Crippen LogP contribution < -0.4 is 0 Å². The number of likely N-dealkylation sites (tertiary alicyclic amines) is 1. The first-order valence-corrected chi connectivity index (χ1v) is 9.16. The van der Waals surface area contributed by atoms with E-state index in [4.69, 9.17) is 14.2 Å². The maximum Gasteiger partial charge on any atom is 0.228 e. The van der Waals surface area contributed by atoms with Gasteiger partial charge >= 0.3 is 0 Å². The Morgan fingerprint density at radius 1 is 1.36 bits per heavy atom. The van der Waals surface area contributed by atoms with E-state index in [1.54, 1.807) is 0 Å². The lowest BCUT2D eigenvalue weighted by atomic mass is 9.84. The summed E-state index contributed by atoms with van der Waals surface area (Å²) in [6.45, 7) is 5.97. The van der Waals surface area contributed by atoms with Gasteiger partial charge in [0.05, 0.1) is 38.3 Å². The van der Waals surface area contributed by atoms with Crippen molar-refractivity contribution in [2.75, 3.05) is 32.9 Å². The minimum atomic E-state index is -0.205. The van der Waals surface area contributed by atoms with Crippen molar-refractivity contribution in [2.45, 2.75) is 44.5 Å². The standard InChI is InChI=1S/C19H26N2O4/c1-14-6-15(9-20-8-14)10-24-17-3-5-25-19(7-17)12-21(13-19)18(22)16-2-4-23-11-16/h6,8-9,16-17H,2-5,7,10-13H2,1H3/t16-,17-/m0/s1. The van der Waals surface area contributed by atoms with Gasteiger partial charge in [-0.25, -0.2) is 0 Å². The van der Waals surface area contributed by atoms with E-state index >= 15 is 0 Å².